The summed E-state index contributed by atoms with van der Waals surface area (Å²) in [5.74, 6) is 1.59. The summed E-state index contributed by atoms with van der Waals surface area (Å²) in [7, 11) is 0. The van der Waals surface area contributed by atoms with Crippen LogP contribution in [0.5, 0.6) is 0 Å². The minimum atomic E-state index is -0.255. The number of nitrogen functional groups attached to an aromatic ring is 1. The standard InChI is InChI=1S/C21H22N8O/c1-3-23-21(30)27-15-8-6-7-14(11-15)26-20-19(16-12-17(22)25-13(2)24-16)29-10-5-4-9-18(29)28-20/h4-12,26H,3H2,1-2H3,(H2,22,24,25)(H2,23,27,30). The van der Waals surface area contributed by atoms with E-state index in [-0.39, 0.29) is 6.03 Å². The van der Waals surface area contributed by atoms with Crippen LogP contribution in [0.15, 0.2) is 54.7 Å². The number of hydrogen-bond donors (Lipinski definition) is 4. The van der Waals surface area contributed by atoms with Crippen LogP contribution in [-0.4, -0.2) is 31.9 Å². The zero-order valence-corrected chi connectivity index (χ0v) is 16.7. The largest absolute Gasteiger partial charge is 0.384 e. The summed E-state index contributed by atoms with van der Waals surface area (Å²) in [4.78, 5) is 25.2. The van der Waals surface area contributed by atoms with Gasteiger partial charge in [0.25, 0.3) is 0 Å². The van der Waals surface area contributed by atoms with Crippen molar-refractivity contribution in [1.82, 2.24) is 24.7 Å². The van der Waals surface area contributed by atoms with Crippen LogP contribution in [-0.2, 0) is 0 Å². The van der Waals surface area contributed by atoms with Crippen molar-refractivity contribution >= 4 is 34.7 Å². The van der Waals surface area contributed by atoms with Crippen molar-refractivity contribution in [3.63, 3.8) is 0 Å². The smallest absolute Gasteiger partial charge is 0.319 e. The molecule has 4 rings (SSSR count). The summed E-state index contributed by atoms with van der Waals surface area (Å²) in [6.07, 6.45) is 1.92. The fraction of sp³-hybridized carbons (Fsp3) is 0.143. The van der Waals surface area contributed by atoms with Crippen LogP contribution in [0.2, 0.25) is 0 Å². The SMILES string of the molecule is CCNC(=O)Nc1cccc(Nc2nc3ccccn3c2-c2cc(N)nc(C)n2)c1. The van der Waals surface area contributed by atoms with E-state index in [1.165, 1.54) is 0 Å². The van der Waals surface area contributed by atoms with Crippen LogP contribution in [0.4, 0.5) is 27.8 Å². The maximum absolute atomic E-state index is 11.8. The molecule has 9 nitrogen and oxygen atoms in total. The number of aromatic nitrogens is 4. The number of carbonyl (C=O) groups is 1. The van der Waals surface area contributed by atoms with Crippen LogP contribution >= 0.6 is 0 Å². The highest BCUT2D eigenvalue weighted by molar-refractivity contribution is 5.90. The topological polar surface area (TPSA) is 122 Å². The molecule has 0 radical (unpaired) electrons. The van der Waals surface area contributed by atoms with Crippen molar-refractivity contribution in [1.29, 1.82) is 0 Å². The van der Waals surface area contributed by atoms with Crippen LogP contribution in [0.1, 0.15) is 12.7 Å². The molecule has 152 valence electrons. The first-order valence-corrected chi connectivity index (χ1v) is 9.54. The lowest BCUT2D eigenvalue weighted by Gasteiger charge is -2.10. The molecule has 0 atom stereocenters. The van der Waals surface area contributed by atoms with Gasteiger partial charge in [-0.1, -0.05) is 12.1 Å². The third-order valence-corrected chi connectivity index (χ3v) is 4.35. The molecule has 0 bridgehead atoms. The molecule has 3 aromatic heterocycles. The van der Waals surface area contributed by atoms with Crippen molar-refractivity contribution in [2.24, 2.45) is 0 Å². The molecule has 0 aliphatic carbocycles. The molecule has 30 heavy (non-hydrogen) atoms. The first-order valence-electron chi connectivity index (χ1n) is 9.54. The Labute approximate surface area is 173 Å². The van der Waals surface area contributed by atoms with E-state index in [1.54, 1.807) is 13.0 Å². The van der Waals surface area contributed by atoms with Crippen molar-refractivity contribution in [2.75, 3.05) is 22.9 Å². The highest BCUT2D eigenvalue weighted by Crippen LogP contribution is 2.31. The average Bonchev–Trinajstić information content (AvgIpc) is 3.05. The summed E-state index contributed by atoms with van der Waals surface area (Å²) in [6.45, 7) is 4.21. The minimum Gasteiger partial charge on any atom is -0.384 e. The van der Waals surface area contributed by atoms with Gasteiger partial charge in [-0.3, -0.25) is 4.40 Å². The molecular weight excluding hydrogens is 380 g/mol. The third kappa shape index (κ3) is 4.00. The molecule has 0 saturated heterocycles. The third-order valence-electron chi connectivity index (χ3n) is 4.35. The normalized spacial score (nSPS) is 10.7. The molecule has 3 heterocycles. The zero-order chi connectivity index (χ0) is 21.1. The Morgan fingerprint density at radius 3 is 2.70 bits per heavy atom. The maximum Gasteiger partial charge on any atom is 0.319 e. The number of carbonyl (C=O) groups excluding carboxylic acids is 1. The lowest BCUT2D eigenvalue weighted by Crippen LogP contribution is -2.28. The molecule has 0 aliphatic heterocycles. The Morgan fingerprint density at radius 2 is 1.90 bits per heavy atom. The number of anilines is 4. The van der Waals surface area contributed by atoms with Crippen molar-refractivity contribution in [3.05, 3.63) is 60.6 Å². The number of nitrogens with two attached hydrogens (primary N) is 1. The van der Waals surface area contributed by atoms with Crippen LogP contribution < -0.4 is 21.7 Å². The number of imidazole rings is 1. The van der Waals surface area contributed by atoms with Gasteiger partial charge >= 0.3 is 6.03 Å². The second-order valence-electron chi connectivity index (χ2n) is 6.65. The van der Waals surface area contributed by atoms with Crippen molar-refractivity contribution < 1.29 is 4.79 Å². The fourth-order valence-corrected chi connectivity index (χ4v) is 3.19. The van der Waals surface area contributed by atoms with E-state index in [4.69, 9.17) is 10.7 Å². The summed E-state index contributed by atoms with van der Waals surface area (Å²) in [5, 5.41) is 8.85. The van der Waals surface area contributed by atoms with Gasteiger partial charge in [0.2, 0.25) is 0 Å². The van der Waals surface area contributed by atoms with E-state index in [2.05, 4.69) is 25.9 Å². The van der Waals surface area contributed by atoms with Gasteiger partial charge < -0.3 is 21.7 Å². The lowest BCUT2D eigenvalue weighted by molar-refractivity contribution is 0.252. The van der Waals surface area contributed by atoms with Gasteiger partial charge in [-0.25, -0.2) is 19.7 Å². The monoisotopic (exact) mass is 402 g/mol. The summed E-state index contributed by atoms with van der Waals surface area (Å²) >= 11 is 0. The quantitative estimate of drug-likeness (QED) is 0.405. The predicted molar refractivity (Wildman–Crippen MR) is 118 cm³/mol. The molecule has 1 aromatic carbocycles. The Hall–Kier alpha value is -4.14. The Balaban J connectivity index is 1.74. The highest BCUT2D eigenvalue weighted by atomic mass is 16.2. The summed E-state index contributed by atoms with van der Waals surface area (Å²) < 4.78 is 1.94. The van der Waals surface area contributed by atoms with Crippen LogP contribution in [0, 0.1) is 6.92 Å². The molecule has 2 amide bonds. The number of pyridine rings is 1. The molecule has 0 spiro atoms. The number of nitrogens with zero attached hydrogens (tertiary/aromatic N) is 4. The zero-order valence-electron chi connectivity index (χ0n) is 16.7. The van der Waals surface area contributed by atoms with Crippen LogP contribution in [0.3, 0.4) is 0 Å². The fourth-order valence-electron chi connectivity index (χ4n) is 3.19. The summed E-state index contributed by atoms with van der Waals surface area (Å²) in [5.41, 5.74) is 9.59. The number of aryl methyl sites for hydroxylation is 1. The van der Waals surface area contributed by atoms with Gasteiger partial charge in [-0.2, -0.15) is 0 Å². The van der Waals surface area contributed by atoms with Gasteiger partial charge in [0.15, 0.2) is 5.82 Å². The first-order chi connectivity index (χ1) is 14.5. The summed E-state index contributed by atoms with van der Waals surface area (Å²) in [6, 6.07) is 14.6. The number of fused-ring (bicyclic) bond motifs is 1. The van der Waals surface area contributed by atoms with Gasteiger partial charge in [-0.15, -0.1) is 0 Å². The molecule has 0 aliphatic rings. The molecule has 0 unspecified atom stereocenters. The van der Waals surface area contributed by atoms with Crippen molar-refractivity contribution in [3.8, 4) is 11.4 Å². The maximum atomic E-state index is 11.8. The van der Waals surface area contributed by atoms with Crippen LogP contribution in [0.25, 0.3) is 17.0 Å². The molecular formula is C21H22N8O. The van der Waals surface area contributed by atoms with E-state index in [1.807, 2.05) is 60.0 Å². The average molecular weight is 402 g/mol. The number of rotatable bonds is 5. The number of amides is 2. The molecule has 5 N–H and O–H groups in total. The van der Waals surface area contributed by atoms with Gasteiger partial charge in [-0.05, 0) is 44.2 Å². The van der Waals surface area contributed by atoms with E-state index in [0.717, 1.165) is 17.0 Å². The second kappa shape index (κ2) is 8.08. The Kier molecular flexibility index (Phi) is 5.17. The van der Waals surface area contributed by atoms with Gasteiger partial charge in [0.05, 0.1) is 5.69 Å². The van der Waals surface area contributed by atoms with Gasteiger partial charge in [0.1, 0.15) is 23.0 Å². The minimum absolute atomic E-state index is 0.255. The predicted octanol–water partition coefficient (Wildman–Crippen LogP) is 3.57. The van der Waals surface area contributed by atoms with E-state index < -0.39 is 0 Å². The number of benzene rings is 1. The van der Waals surface area contributed by atoms with E-state index in [0.29, 0.717) is 35.4 Å². The second-order valence-corrected chi connectivity index (χ2v) is 6.65. The van der Waals surface area contributed by atoms with E-state index >= 15 is 0 Å². The lowest BCUT2D eigenvalue weighted by atomic mass is 10.2. The highest BCUT2D eigenvalue weighted by Gasteiger charge is 2.17. The first kappa shape index (κ1) is 19.2. The number of urea groups is 1. The Morgan fingerprint density at radius 1 is 1.07 bits per heavy atom. The molecule has 0 saturated carbocycles. The van der Waals surface area contributed by atoms with Crippen molar-refractivity contribution in [2.45, 2.75) is 13.8 Å². The molecule has 9 heteroatoms. The van der Waals surface area contributed by atoms with Gasteiger partial charge in [0, 0.05) is 30.2 Å². The molecule has 4 aromatic rings. The Bertz CT molecular complexity index is 1200. The van der Waals surface area contributed by atoms with E-state index in [9.17, 15) is 4.79 Å². The molecule has 0 fully saturated rings. The number of hydrogen-bond acceptors (Lipinski definition) is 6. The number of nitrogens with one attached hydrogen (secondary N) is 3.